The van der Waals surface area contributed by atoms with E-state index in [1.165, 1.54) is 5.57 Å². The van der Waals surface area contributed by atoms with Gasteiger partial charge in [0.2, 0.25) is 0 Å². The zero-order chi connectivity index (χ0) is 6.91. The van der Waals surface area contributed by atoms with Crippen LogP contribution in [0.1, 0.15) is 20.3 Å². The minimum absolute atomic E-state index is 0.0977. The summed E-state index contributed by atoms with van der Waals surface area (Å²) in [6.07, 6.45) is 7.27. The lowest BCUT2D eigenvalue weighted by atomic mass is 9.92. The van der Waals surface area contributed by atoms with Crippen LogP contribution in [0.3, 0.4) is 0 Å². The smallest absolute Gasteiger partial charge is 0.0348 e. The van der Waals surface area contributed by atoms with E-state index in [-0.39, 0.29) is 5.54 Å². The van der Waals surface area contributed by atoms with Gasteiger partial charge in [-0.1, -0.05) is 23.8 Å². The summed E-state index contributed by atoms with van der Waals surface area (Å²) < 4.78 is 0. The molecule has 9 heavy (non-hydrogen) atoms. The van der Waals surface area contributed by atoms with E-state index in [2.05, 4.69) is 25.2 Å². The van der Waals surface area contributed by atoms with Crippen molar-refractivity contribution in [2.24, 2.45) is 5.73 Å². The Kier molecular flexibility index (Phi) is 1.45. The van der Waals surface area contributed by atoms with Crippen molar-refractivity contribution in [3.63, 3.8) is 0 Å². The van der Waals surface area contributed by atoms with Gasteiger partial charge in [-0.25, -0.2) is 0 Å². The first-order valence-corrected chi connectivity index (χ1v) is 3.25. The minimum Gasteiger partial charge on any atom is -0.322 e. The highest BCUT2D eigenvalue weighted by atomic mass is 14.7. The highest BCUT2D eigenvalue weighted by Gasteiger charge is 2.14. The predicted octanol–water partition coefficient (Wildman–Crippen LogP) is 1.61. The monoisotopic (exact) mass is 123 g/mol. The molecule has 50 valence electrons. The van der Waals surface area contributed by atoms with Crippen LogP contribution >= 0.6 is 0 Å². The van der Waals surface area contributed by atoms with Crippen LogP contribution in [0.25, 0.3) is 0 Å². The van der Waals surface area contributed by atoms with E-state index >= 15 is 0 Å². The normalized spacial score (nSPS) is 34.3. The van der Waals surface area contributed by atoms with Crippen LogP contribution in [0.4, 0.5) is 0 Å². The van der Waals surface area contributed by atoms with Crippen LogP contribution in [-0.4, -0.2) is 5.54 Å². The summed E-state index contributed by atoms with van der Waals surface area (Å²) in [6, 6.07) is 0. The SMILES string of the molecule is CC1=CC[C@@](C)(N)C=C1. The van der Waals surface area contributed by atoms with Gasteiger partial charge in [-0.15, -0.1) is 0 Å². The molecule has 1 rings (SSSR count). The highest BCUT2D eigenvalue weighted by molar-refractivity contribution is 5.26. The number of hydrogen-bond donors (Lipinski definition) is 1. The van der Waals surface area contributed by atoms with E-state index < -0.39 is 0 Å². The summed E-state index contributed by atoms with van der Waals surface area (Å²) in [6.45, 7) is 4.12. The van der Waals surface area contributed by atoms with E-state index in [0.29, 0.717) is 0 Å². The Morgan fingerprint density at radius 3 is 2.67 bits per heavy atom. The molecule has 0 unspecified atom stereocenters. The molecule has 0 radical (unpaired) electrons. The predicted molar refractivity (Wildman–Crippen MR) is 40.1 cm³/mol. The van der Waals surface area contributed by atoms with Gasteiger partial charge in [0.25, 0.3) is 0 Å². The first-order valence-electron chi connectivity index (χ1n) is 3.25. The molecule has 0 aromatic carbocycles. The Bertz CT molecular complexity index is 163. The van der Waals surface area contributed by atoms with E-state index in [0.717, 1.165) is 6.42 Å². The van der Waals surface area contributed by atoms with E-state index in [4.69, 9.17) is 5.73 Å². The van der Waals surface area contributed by atoms with Gasteiger partial charge in [0.05, 0.1) is 0 Å². The molecule has 2 N–H and O–H groups in total. The largest absolute Gasteiger partial charge is 0.322 e. The quantitative estimate of drug-likeness (QED) is 0.520. The molecule has 0 heterocycles. The fourth-order valence-corrected chi connectivity index (χ4v) is 0.839. The topological polar surface area (TPSA) is 26.0 Å². The number of hydrogen-bond acceptors (Lipinski definition) is 1. The summed E-state index contributed by atoms with van der Waals surface area (Å²) in [7, 11) is 0. The highest BCUT2D eigenvalue weighted by Crippen LogP contribution is 2.16. The van der Waals surface area contributed by atoms with Gasteiger partial charge < -0.3 is 5.73 Å². The summed E-state index contributed by atoms with van der Waals surface area (Å²) in [5.74, 6) is 0. The number of rotatable bonds is 0. The van der Waals surface area contributed by atoms with Gasteiger partial charge >= 0.3 is 0 Å². The average molecular weight is 123 g/mol. The van der Waals surface area contributed by atoms with Crippen molar-refractivity contribution in [1.82, 2.24) is 0 Å². The molecular weight excluding hydrogens is 110 g/mol. The summed E-state index contributed by atoms with van der Waals surface area (Å²) in [4.78, 5) is 0. The first-order chi connectivity index (χ1) is 4.10. The molecule has 0 aliphatic heterocycles. The standard InChI is InChI=1S/C8H13N/c1-7-3-5-8(2,9)6-4-7/h3-5H,6,9H2,1-2H3/t8-/m0/s1. The molecule has 0 amide bonds. The lowest BCUT2D eigenvalue weighted by Crippen LogP contribution is -2.33. The molecule has 0 aromatic rings. The maximum atomic E-state index is 5.81. The first kappa shape index (κ1) is 6.56. The van der Waals surface area contributed by atoms with Gasteiger partial charge in [-0.3, -0.25) is 0 Å². The molecule has 0 spiro atoms. The Balaban J connectivity index is 2.70. The van der Waals surface area contributed by atoms with Crippen LogP contribution < -0.4 is 5.73 Å². The fourth-order valence-electron chi connectivity index (χ4n) is 0.839. The summed E-state index contributed by atoms with van der Waals surface area (Å²) >= 11 is 0. The third-order valence-corrected chi connectivity index (χ3v) is 1.59. The van der Waals surface area contributed by atoms with Gasteiger partial charge in [0.15, 0.2) is 0 Å². The minimum atomic E-state index is -0.0977. The third-order valence-electron chi connectivity index (χ3n) is 1.59. The molecular formula is C8H13N. The summed E-state index contributed by atoms with van der Waals surface area (Å²) in [5, 5.41) is 0. The maximum Gasteiger partial charge on any atom is 0.0348 e. The Morgan fingerprint density at radius 1 is 1.67 bits per heavy atom. The van der Waals surface area contributed by atoms with Crippen molar-refractivity contribution in [2.45, 2.75) is 25.8 Å². The lowest BCUT2D eigenvalue weighted by molar-refractivity contribution is 0.586. The Morgan fingerprint density at radius 2 is 2.33 bits per heavy atom. The average Bonchev–Trinajstić information content (AvgIpc) is 1.78. The fraction of sp³-hybridized carbons (Fsp3) is 0.500. The van der Waals surface area contributed by atoms with Crippen LogP contribution in [0, 0.1) is 0 Å². The molecule has 0 bridgehead atoms. The van der Waals surface area contributed by atoms with Crippen LogP contribution in [0.2, 0.25) is 0 Å². The van der Waals surface area contributed by atoms with E-state index in [1.807, 2.05) is 6.92 Å². The van der Waals surface area contributed by atoms with Crippen LogP contribution in [-0.2, 0) is 0 Å². The van der Waals surface area contributed by atoms with Crippen LogP contribution in [0.15, 0.2) is 23.8 Å². The molecule has 0 fully saturated rings. The maximum absolute atomic E-state index is 5.81. The Labute approximate surface area is 56.2 Å². The van der Waals surface area contributed by atoms with Crippen LogP contribution in [0.5, 0.6) is 0 Å². The number of nitrogens with two attached hydrogens (primary N) is 1. The molecule has 1 atom stereocenters. The van der Waals surface area contributed by atoms with Gasteiger partial charge in [-0.05, 0) is 20.3 Å². The van der Waals surface area contributed by atoms with Crippen molar-refractivity contribution in [3.05, 3.63) is 23.8 Å². The van der Waals surface area contributed by atoms with Gasteiger partial charge in [0.1, 0.15) is 0 Å². The third kappa shape index (κ3) is 1.68. The molecule has 1 aliphatic rings. The van der Waals surface area contributed by atoms with Crippen molar-refractivity contribution in [1.29, 1.82) is 0 Å². The second kappa shape index (κ2) is 1.99. The van der Waals surface area contributed by atoms with Crippen molar-refractivity contribution in [2.75, 3.05) is 0 Å². The van der Waals surface area contributed by atoms with Crippen molar-refractivity contribution in [3.8, 4) is 0 Å². The van der Waals surface area contributed by atoms with E-state index in [1.54, 1.807) is 0 Å². The molecule has 0 aromatic heterocycles. The second-order valence-corrected chi connectivity index (χ2v) is 2.99. The summed E-state index contributed by atoms with van der Waals surface area (Å²) in [5.41, 5.74) is 7.03. The zero-order valence-corrected chi connectivity index (χ0v) is 6.02. The van der Waals surface area contributed by atoms with Gasteiger partial charge in [-0.2, -0.15) is 0 Å². The molecule has 1 heteroatoms. The second-order valence-electron chi connectivity index (χ2n) is 2.99. The van der Waals surface area contributed by atoms with E-state index in [9.17, 15) is 0 Å². The van der Waals surface area contributed by atoms with Gasteiger partial charge in [0, 0.05) is 5.54 Å². The lowest BCUT2D eigenvalue weighted by Gasteiger charge is -2.21. The number of allylic oxidation sites excluding steroid dienone is 2. The molecule has 1 nitrogen and oxygen atoms in total. The van der Waals surface area contributed by atoms with Crippen molar-refractivity contribution < 1.29 is 0 Å². The molecule has 1 aliphatic carbocycles. The zero-order valence-electron chi connectivity index (χ0n) is 6.02. The molecule has 0 saturated carbocycles. The Hall–Kier alpha value is -0.560. The van der Waals surface area contributed by atoms with Crippen molar-refractivity contribution >= 4 is 0 Å². The molecule has 0 saturated heterocycles.